The fourth-order valence-electron chi connectivity index (χ4n) is 4.50. The van der Waals surface area contributed by atoms with E-state index < -0.39 is 0 Å². The molecule has 1 aromatic heterocycles. The quantitative estimate of drug-likeness (QED) is 0.828. The zero-order valence-corrected chi connectivity index (χ0v) is 15.8. The first-order valence-corrected chi connectivity index (χ1v) is 9.11. The van der Waals surface area contributed by atoms with E-state index in [1.165, 1.54) is 25.7 Å². The van der Waals surface area contributed by atoms with Crippen molar-refractivity contribution in [2.75, 3.05) is 0 Å². The van der Waals surface area contributed by atoms with Crippen molar-refractivity contribution in [3.8, 4) is 5.75 Å². The van der Waals surface area contributed by atoms with Crippen molar-refractivity contribution < 1.29 is 9.90 Å². The number of unbranched alkanes of at least 4 members (excludes halogenated alkanes) is 1. The van der Waals surface area contributed by atoms with Gasteiger partial charge in [0.15, 0.2) is 5.69 Å². The predicted molar refractivity (Wildman–Crippen MR) is 97.2 cm³/mol. The molecule has 4 heteroatoms. The standard InChI is InChI=1S/C20H32N2O2/c1-6-7-9-20(5)12-15(11-19(3,4)13-20)22-18(24)16-17(23)14(2)8-10-21-16/h8,10,15,23H,6-7,9,11-13H2,1-5H3,(H,22,24). The largest absolute Gasteiger partial charge is 0.505 e. The third kappa shape index (κ3) is 4.49. The molecule has 1 aliphatic rings. The summed E-state index contributed by atoms with van der Waals surface area (Å²) in [5, 5.41) is 13.2. The fraction of sp³-hybridized carbons (Fsp3) is 0.700. The molecule has 0 aromatic carbocycles. The summed E-state index contributed by atoms with van der Waals surface area (Å²) < 4.78 is 0. The van der Waals surface area contributed by atoms with Gasteiger partial charge in [-0.05, 0) is 55.1 Å². The van der Waals surface area contributed by atoms with Crippen LogP contribution in [0.2, 0.25) is 0 Å². The summed E-state index contributed by atoms with van der Waals surface area (Å²) in [7, 11) is 0. The van der Waals surface area contributed by atoms with Gasteiger partial charge in [-0.2, -0.15) is 0 Å². The summed E-state index contributed by atoms with van der Waals surface area (Å²) in [4.78, 5) is 16.7. The Balaban J connectivity index is 2.13. The number of nitrogens with one attached hydrogen (secondary N) is 1. The topological polar surface area (TPSA) is 62.2 Å². The van der Waals surface area contributed by atoms with Gasteiger partial charge in [-0.3, -0.25) is 4.79 Å². The summed E-state index contributed by atoms with van der Waals surface area (Å²) in [6.07, 6.45) is 8.36. The Morgan fingerprint density at radius 1 is 1.38 bits per heavy atom. The number of amides is 1. The number of carbonyl (C=O) groups excluding carboxylic acids is 1. The lowest BCUT2D eigenvalue weighted by Crippen LogP contribution is -2.47. The average molecular weight is 332 g/mol. The second-order valence-electron chi connectivity index (χ2n) is 8.66. The van der Waals surface area contributed by atoms with Crippen molar-refractivity contribution in [2.45, 2.75) is 79.2 Å². The zero-order chi connectivity index (χ0) is 18.0. The van der Waals surface area contributed by atoms with Gasteiger partial charge in [0.1, 0.15) is 5.75 Å². The Morgan fingerprint density at radius 3 is 2.75 bits per heavy atom. The van der Waals surface area contributed by atoms with Crippen LogP contribution in [0.5, 0.6) is 5.75 Å². The molecule has 1 aliphatic carbocycles. The highest BCUT2D eigenvalue weighted by molar-refractivity contribution is 5.95. The maximum absolute atomic E-state index is 12.6. The molecule has 0 spiro atoms. The van der Waals surface area contributed by atoms with E-state index in [1.54, 1.807) is 19.2 Å². The predicted octanol–water partition coefficient (Wildman–Crippen LogP) is 4.60. The Hall–Kier alpha value is -1.58. The Morgan fingerprint density at radius 2 is 2.08 bits per heavy atom. The minimum atomic E-state index is -0.267. The van der Waals surface area contributed by atoms with Crippen molar-refractivity contribution in [1.82, 2.24) is 10.3 Å². The molecule has 1 fully saturated rings. The molecule has 0 saturated heterocycles. The molecule has 2 rings (SSSR count). The highest BCUT2D eigenvalue weighted by Gasteiger charge is 2.41. The van der Waals surface area contributed by atoms with Crippen molar-refractivity contribution in [2.24, 2.45) is 10.8 Å². The number of aromatic hydroxyl groups is 1. The van der Waals surface area contributed by atoms with Gasteiger partial charge in [0.2, 0.25) is 0 Å². The highest BCUT2D eigenvalue weighted by atomic mass is 16.3. The van der Waals surface area contributed by atoms with Gasteiger partial charge in [0.05, 0.1) is 0 Å². The Kier molecular flexibility index (Phi) is 5.56. The van der Waals surface area contributed by atoms with Gasteiger partial charge in [0, 0.05) is 12.2 Å². The molecule has 134 valence electrons. The number of nitrogens with zero attached hydrogens (tertiary/aromatic N) is 1. The van der Waals surface area contributed by atoms with Crippen LogP contribution in [0, 0.1) is 17.8 Å². The van der Waals surface area contributed by atoms with E-state index in [1.807, 2.05) is 0 Å². The van der Waals surface area contributed by atoms with Crippen LogP contribution < -0.4 is 5.32 Å². The third-order valence-corrected chi connectivity index (χ3v) is 5.25. The molecule has 1 heterocycles. The highest BCUT2D eigenvalue weighted by Crippen LogP contribution is 2.48. The lowest BCUT2D eigenvalue weighted by Gasteiger charge is -2.47. The van der Waals surface area contributed by atoms with Crippen LogP contribution >= 0.6 is 0 Å². The molecule has 2 N–H and O–H groups in total. The molecule has 2 atom stereocenters. The lowest BCUT2D eigenvalue weighted by molar-refractivity contribution is 0.0564. The van der Waals surface area contributed by atoms with Crippen molar-refractivity contribution in [3.05, 3.63) is 23.5 Å². The normalized spacial score (nSPS) is 26.1. The van der Waals surface area contributed by atoms with Crippen LogP contribution in [0.4, 0.5) is 0 Å². The van der Waals surface area contributed by atoms with Crippen molar-refractivity contribution in [3.63, 3.8) is 0 Å². The van der Waals surface area contributed by atoms with E-state index in [0.29, 0.717) is 5.56 Å². The molecule has 2 unspecified atom stereocenters. The van der Waals surface area contributed by atoms with Crippen molar-refractivity contribution in [1.29, 1.82) is 0 Å². The molecule has 1 amide bonds. The van der Waals surface area contributed by atoms with E-state index in [0.717, 1.165) is 12.8 Å². The first-order valence-electron chi connectivity index (χ1n) is 9.11. The first kappa shape index (κ1) is 18.8. The second-order valence-corrected chi connectivity index (χ2v) is 8.66. The second kappa shape index (κ2) is 7.12. The summed E-state index contributed by atoms with van der Waals surface area (Å²) in [5.74, 6) is -0.282. The molecule has 0 radical (unpaired) electrons. The number of rotatable bonds is 5. The summed E-state index contributed by atoms with van der Waals surface area (Å²) in [6.45, 7) is 10.9. The van der Waals surface area contributed by atoms with E-state index in [2.05, 4.69) is 38.0 Å². The maximum atomic E-state index is 12.6. The maximum Gasteiger partial charge on any atom is 0.273 e. The monoisotopic (exact) mass is 332 g/mol. The smallest absolute Gasteiger partial charge is 0.273 e. The molecular weight excluding hydrogens is 300 g/mol. The molecule has 1 saturated carbocycles. The molecule has 1 aromatic rings. The Labute approximate surface area is 146 Å². The van der Waals surface area contributed by atoms with Gasteiger partial charge in [-0.15, -0.1) is 0 Å². The van der Waals surface area contributed by atoms with Gasteiger partial charge >= 0.3 is 0 Å². The molecular formula is C20H32N2O2. The fourth-order valence-corrected chi connectivity index (χ4v) is 4.50. The van der Waals surface area contributed by atoms with E-state index in [4.69, 9.17) is 0 Å². The van der Waals surface area contributed by atoms with Crippen LogP contribution in [-0.4, -0.2) is 22.0 Å². The number of hydrogen-bond donors (Lipinski definition) is 2. The van der Waals surface area contributed by atoms with Crippen LogP contribution in [0.1, 0.15) is 82.3 Å². The van der Waals surface area contributed by atoms with E-state index in [9.17, 15) is 9.90 Å². The van der Waals surface area contributed by atoms with Crippen LogP contribution in [0.25, 0.3) is 0 Å². The Bertz CT molecular complexity index is 597. The van der Waals surface area contributed by atoms with Gasteiger partial charge in [0.25, 0.3) is 5.91 Å². The number of aromatic nitrogens is 1. The number of aryl methyl sites for hydroxylation is 1. The van der Waals surface area contributed by atoms with Gasteiger partial charge < -0.3 is 10.4 Å². The minimum absolute atomic E-state index is 0.0150. The van der Waals surface area contributed by atoms with Crippen LogP contribution in [-0.2, 0) is 0 Å². The molecule has 24 heavy (non-hydrogen) atoms. The van der Waals surface area contributed by atoms with E-state index >= 15 is 0 Å². The lowest BCUT2D eigenvalue weighted by atomic mass is 9.61. The van der Waals surface area contributed by atoms with Gasteiger partial charge in [-0.25, -0.2) is 4.98 Å². The van der Waals surface area contributed by atoms with Crippen molar-refractivity contribution >= 4 is 5.91 Å². The molecule has 0 bridgehead atoms. The van der Waals surface area contributed by atoms with E-state index in [-0.39, 0.29) is 34.2 Å². The van der Waals surface area contributed by atoms with Crippen LogP contribution in [0.15, 0.2) is 12.3 Å². The van der Waals surface area contributed by atoms with Crippen LogP contribution in [0.3, 0.4) is 0 Å². The number of carbonyl (C=O) groups is 1. The number of pyridine rings is 1. The molecule has 4 nitrogen and oxygen atoms in total. The zero-order valence-electron chi connectivity index (χ0n) is 15.8. The summed E-state index contributed by atoms with van der Waals surface area (Å²) >= 11 is 0. The minimum Gasteiger partial charge on any atom is -0.505 e. The summed E-state index contributed by atoms with van der Waals surface area (Å²) in [5.41, 5.74) is 1.28. The SMILES string of the molecule is CCCCC1(C)CC(NC(=O)c2nccc(C)c2O)CC(C)(C)C1. The number of hydrogen-bond acceptors (Lipinski definition) is 3. The summed E-state index contributed by atoms with van der Waals surface area (Å²) in [6, 6.07) is 1.84. The third-order valence-electron chi connectivity index (χ3n) is 5.25. The average Bonchev–Trinajstić information content (AvgIpc) is 2.46. The molecule has 0 aliphatic heterocycles. The van der Waals surface area contributed by atoms with Gasteiger partial charge in [-0.1, -0.05) is 40.5 Å². The first-order chi connectivity index (χ1) is 11.2.